The number of carbonyl (C=O) groups excluding carboxylic acids is 1. The van der Waals surface area contributed by atoms with Crippen LogP contribution in [0, 0.1) is 11.3 Å². The smallest absolute Gasteiger partial charge is 0.235 e. The average Bonchev–Trinajstić information content (AvgIpc) is 2.44. The summed E-state index contributed by atoms with van der Waals surface area (Å²) in [6, 6.07) is 0. The molecular formula is C18H35NO4S. The second kappa shape index (κ2) is 8.65. The molecule has 0 aromatic carbocycles. The monoisotopic (exact) mass is 361 g/mol. The van der Waals surface area contributed by atoms with E-state index in [4.69, 9.17) is 0 Å². The zero-order valence-corrected chi connectivity index (χ0v) is 16.5. The van der Waals surface area contributed by atoms with Gasteiger partial charge >= 0.3 is 0 Å². The first kappa shape index (κ1) is 21.4. The fourth-order valence-electron chi connectivity index (χ4n) is 3.36. The fraction of sp³-hybridized carbons (Fsp3) is 0.944. The molecule has 1 amide bonds. The molecule has 0 aliphatic heterocycles. The minimum Gasteiger partial charge on any atom is -0.388 e. The highest BCUT2D eigenvalue weighted by Gasteiger charge is 2.37. The van der Waals surface area contributed by atoms with E-state index in [2.05, 4.69) is 26.1 Å². The highest BCUT2D eigenvalue weighted by Crippen LogP contribution is 2.41. The molecule has 0 atom stereocenters. The Balaban J connectivity index is 2.39. The van der Waals surface area contributed by atoms with Crippen molar-refractivity contribution in [1.82, 2.24) is 5.32 Å². The number of aliphatic hydroxyl groups is 1. The molecule has 0 aromatic heterocycles. The number of hydrogen-bond donors (Lipinski definition) is 2. The third-order valence-electron chi connectivity index (χ3n) is 5.17. The van der Waals surface area contributed by atoms with E-state index in [9.17, 15) is 18.3 Å². The van der Waals surface area contributed by atoms with Crippen LogP contribution in [0.15, 0.2) is 0 Å². The summed E-state index contributed by atoms with van der Waals surface area (Å²) in [6.07, 6.45) is 5.58. The molecule has 2 N–H and O–H groups in total. The summed E-state index contributed by atoms with van der Waals surface area (Å²) in [6.45, 7) is 8.80. The quantitative estimate of drug-likeness (QED) is 0.651. The molecule has 0 unspecified atom stereocenters. The number of unbranched alkanes of at least 4 members (excludes halogenated alkanes) is 2. The van der Waals surface area contributed by atoms with Crippen molar-refractivity contribution in [1.29, 1.82) is 0 Å². The van der Waals surface area contributed by atoms with E-state index in [1.54, 1.807) is 0 Å². The third-order valence-corrected chi connectivity index (χ3v) is 6.78. The molecule has 142 valence electrons. The predicted octanol–water partition coefficient (Wildman–Crippen LogP) is 2.67. The SMILES string of the molecule is CCCCCS(=O)(=O)CC(=O)NCC1(O)CCC(C(C)(C)C)CC1. The van der Waals surface area contributed by atoms with Gasteiger partial charge in [0.25, 0.3) is 0 Å². The molecule has 0 bridgehead atoms. The van der Waals surface area contributed by atoms with Gasteiger partial charge in [-0.15, -0.1) is 0 Å². The normalized spacial score (nSPS) is 25.5. The predicted molar refractivity (Wildman–Crippen MR) is 97.6 cm³/mol. The minimum atomic E-state index is -3.35. The van der Waals surface area contributed by atoms with E-state index in [0.717, 1.165) is 25.7 Å². The molecule has 0 radical (unpaired) electrons. The van der Waals surface area contributed by atoms with Gasteiger partial charge < -0.3 is 10.4 Å². The maximum Gasteiger partial charge on any atom is 0.235 e. The van der Waals surface area contributed by atoms with Crippen molar-refractivity contribution in [2.24, 2.45) is 11.3 Å². The molecule has 24 heavy (non-hydrogen) atoms. The second-order valence-corrected chi connectivity index (χ2v) is 10.6. The molecule has 1 aliphatic rings. The number of rotatable bonds is 8. The van der Waals surface area contributed by atoms with Gasteiger partial charge in [0.1, 0.15) is 5.75 Å². The highest BCUT2D eigenvalue weighted by atomic mass is 32.2. The van der Waals surface area contributed by atoms with Crippen LogP contribution < -0.4 is 5.32 Å². The minimum absolute atomic E-state index is 0.0613. The van der Waals surface area contributed by atoms with Gasteiger partial charge in [-0.25, -0.2) is 8.42 Å². The zero-order valence-electron chi connectivity index (χ0n) is 15.7. The summed E-state index contributed by atoms with van der Waals surface area (Å²) < 4.78 is 23.8. The molecule has 0 heterocycles. The Kier molecular flexibility index (Phi) is 7.73. The van der Waals surface area contributed by atoms with E-state index in [1.807, 2.05) is 6.92 Å². The molecule has 6 heteroatoms. The van der Waals surface area contributed by atoms with Crippen molar-refractivity contribution in [2.45, 2.75) is 78.2 Å². The van der Waals surface area contributed by atoms with E-state index >= 15 is 0 Å². The highest BCUT2D eigenvalue weighted by molar-refractivity contribution is 7.92. The molecule has 0 aromatic rings. The van der Waals surface area contributed by atoms with Crippen molar-refractivity contribution in [2.75, 3.05) is 18.1 Å². The van der Waals surface area contributed by atoms with Gasteiger partial charge in [0.2, 0.25) is 5.91 Å². The Bertz CT molecular complexity index is 500. The lowest BCUT2D eigenvalue weighted by Crippen LogP contribution is -2.47. The molecule has 1 rings (SSSR count). The summed E-state index contributed by atoms with van der Waals surface area (Å²) in [5.41, 5.74) is -0.666. The van der Waals surface area contributed by atoms with Crippen LogP contribution in [0.25, 0.3) is 0 Å². The lowest BCUT2D eigenvalue weighted by Gasteiger charge is -2.41. The van der Waals surface area contributed by atoms with Gasteiger partial charge in [-0.05, 0) is 43.4 Å². The van der Waals surface area contributed by atoms with Gasteiger partial charge in [0, 0.05) is 6.54 Å². The Morgan fingerprint density at radius 2 is 1.79 bits per heavy atom. The number of sulfone groups is 1. The van der Waals surface area contributed by atoms with E-state index < -0.39 is 27.1 Å². The van der Waals surface area contributed by atoms with E-state index in [-0.39, 0.29) is 17.7 Å². The van der Waals surface area contributed by atoms with Gasteiger partial charge in [-0.3, -0.25) is 4.79 Å². The Morgan fingerprint density at radius 3 is 2.29 bits per heavy atom. The summed E-state index contributed by atoms with van der Waals surface area (Å²) in [5.74, 6) is -0.339. The van der Waals surface area contributed by atoms with Crippen molar-refractivity contribution in [3.63, 3.8) is 0 Å². The molecule has 0 spiro atoms. The van der Waals surface area contributed by atoms with Crippen LogP contribution in [-0.2, 0) is 14.6 Å². The summed E-state index contributed by atoms with van der Waals surface area (Å²) in [5, 5.41) is 13.2. The maximum absolute atomic E-state index is 11.9. The lowest BCUT2D eigenvalue weighted by molar-refractivity contribution is -0.120. The van der Waals surface area contributed by atoms with Crippen molar-refractivity contribution in [3.05, 3.63) is 0 Å². The van der Waals surface area contributed by atoms with Crippen molar-refractivity contribution >= 4 is 15.7 Å². The van der Waals surface area contributed by atoms with Gasteiger partial charge in [-0.1, -0.05) is 40.5 Å². The third kappa shape index (κ3) is 7.51. The van der Waals surface area contributed by atoms with Crippen LogP contribution in [0.3, 0.4) is 0 Å². The van der Waals surface area contributed by atoms with Crippen LogP contribution in [0.4, 0.5) is 0 Å². The van der Waals surface area contributed by atoms with E-state index in [0.29, 0.717) is 25.2 Å². The van der Waals surface area contributed by atoms with Crippen molar-refractivity contribution in [3.8, 4) is 0 Å². The molecule has 1 saturated carbocycles. The number of hydrogen-bond acceptors (Lipinski definition) is 4. The molecule has 5 nitrogen and oxygen atoms in total. The lowest BCUT2D eigenvalue weighted by atomic mass is 9.68. The van der Waals surface area contributed by atoms with Crippen LogP contribution in [-0.4, -0.2) is 43.1 Å². The van der Waals surface area contributed by atoms with Crippen LogP contribution in [0.1, 0.15) is 72.6 Å². The summed E-state index contributed by atoms with van der Waals surface area (Å²) >= 11 is 0. The van der Waals surface area contributed by atoms with Crippen LogP contribution in [0.5, 0.6) is 0 Å². The largest absolute Gasteiger partial charge is 0.388 e. The number of carbonyl (C=O) groups is 1. The first-order valence-electron chi connectivity index (χ1n) is 9.17. The van der Waals surface area contributed by atoms with E-state index in [1.165, 1.54) is 0 Å². The fourth-order valence-corrected chi connectivity index (χ4v) is 4.65. The molecule has 1 aliphatic carbocycles. The van der Waals surface area contributed by atoms with Gasteiger partial charge in [0.05, 0.1) is 11.4 Å². The first-order valence-corrected chi connectivity index (χ1v) is 11.0. The summed E-state index contributed by atoms with van der Waals surface area (Å²) in [7, 11) is -3.35. The summed E-state index contributed by atoms with van der Waals surface area (Å²) in [4.78, 5) is 11.9. The topological polar surface area (TPSA) is 83.5 Å². The molecule has 1 fully saturated rings. The maximum atomic E-state index is 11.9. The second-order valence-electron chi connectivity index (χ2n) is 8.44. The van der Waals surface area contributed by atoms with Crippen LogP contribution >= 0.6 is 0 Å². The number of amides is 1. The van der Waals surface area contributed by atoms with Crippen molar-refractivity contribution < 1.29 is 18.3 Å². The standard InChI is InChI=1S/C18H35NO4S/c1-5-6-7-12-24(22,23)13-16(20)19-14-18(21)10-8-15(9-11-18)17(2,3)4/h15,21H,5-14H2,1-4H3,(H,19,20). The molecular weight excluding hydrogens is 326 g/mol. The Morgan fingerprint density at radius 1 is 1.21 bits per heavy atom. The number of nitrogens with one attached hydrogen (secondary N) is 1. The van der Waals surface area contributed by atoms with Gasteiger partial charge in [0.15, 0.2) is 9.84 Å². The zero-order chi connectivity index (χ0) is 18.4. The Labute approximate surface area is 147 Å². The first-order chi connectivity index (χ1) is 11.0. The Hall–Kier alpha value is -0.620. The molecule has 0 saturated heterocycles. The van der Waals surface area contributed by atoms with Crippen LogP contribution in [0.2, 0.25) is 0 Å². The average molecular weight is 362 g/mol. The van der Waals surface area contributed by atoms with Gasteiger partial charge in [-0.2, -0.15) is 0 Å².